The summed E-state index contributed by atoms with van der Waals surface area (Å²) in [5.74, 6) is 0. The largest absolute Gasteiger partial charge is 0.0636 e. The van der Waals surface area contributed by atoms with Crippen LogP contribution < -0.4 is 0 Å². The van der Waals surface area contributed by atoms with Crippen LogP contribution in [-0.4, -0.2) is 0 Å². The van der Waals surface area contributed by atoms with E-state index in [-0.39, 0.29) is 21.5 Å². The quantitative estimate of drug-likeness (QED) is 0.170. The second-order valence-corrected chi connectivity index (χ2v) is 11.0. The predicted octanol–water partition coefficient (Wildman–Crippen LogP) is 13.6. The van der Waals surface area contributed by atoms with Crippen molar-refractivity contribution < 1.29 is 38.4 Å². The number of rotatable bonds is 3. The van der Waals surface area contributed by atoms with Crippen molar-refractivity contribution in [1.82, 2.24) is 0 Å². The number of hydrogen-bond acceptors (Lipinski definition) is 0. The van der Waals surface area contributed by atoms with E-state index in [0.29, 0.717) is 0 Å². The predicted molar refractivity (Wildman–Crippen MR) is 208 cm³/mol. The lowest BCUT2D eigenvalue weighted by molar-refractivity contribution is 1.61. The summed E-state index contributed by atoms with van der Waals surface area (Å²) in [5, 5.41) is -6.47. The Bertz CT molecular complexity index is 4580. The maximum Gasteiger partial charge on any atom is 0.0636 e. The fourth-order valence-electron chi connectivity index (χ4n) is 6.31. The molecule has 0 atom stereocenters. The van der Waals surface area contributed by atoms with E-state index < -0.39 is 256 Å². The van der Waals surface area contributed by atoms with Gasteiger partial charge in [-0.3, -0.25) is 0 Å². The molecule has 0 heteroatoms. The Labute approximate surface area is 317 Å². The molecule has 48 heavy (non-hydrogen) atoms. The lowest BCUT2D eigenvalue weighted by Crippen LogP contribution is -1.91. The molecule has 0 fully saturated rings. The van der Waals surface area contributed by atoms with E-state index in [1.807, 2.05) is 0 Å². The third-order valence-corrected chi connectivity index (χ3v) is 8.44. The van der Waals surface area contributed by atoms with E-state index in [2.05, 4.69) is 0 Å². The van der Waals surface area contributed by atoms with Crippen molar-refractivity contribution in [3.63, 3.8) is 0 Å². The van der Waals surface area contributed by atoms with Crippen LogP contribution in [0.2, 0.25) is 0 Å². The van der Waals surface area contributed by atoms with Gasteiger partial charge >= 0.3 is 0 Å². The highest BCUT2D eigenvalue weighted by atomic mass is 14.2. The second-order valence-electron chi connectivity index (χ2n) is 11.0. The van der Waals surface area contributed by atoms with Crippen molar-refractivity contribution in [3.8, 4) is 33.4 Å². The van der Waals surface area contributed by atoms with Crippen LogP contribution >= 0.6 is 0 Å². The topological polar surface area (TPSA) is 0 Å². The van der Waals surface area contributed by atoms with Gasteiger partial charge in [0.15, 0.2) is 0 Å². The third-order valence-electron chi connectivity index (χ3n) is 8.44. The van der Waals surface area contributed by atoms with Crippen LogP contribution in [-0.2, 0) is 0 Å². The summed E-state index contributed by atoms with van der Waals surface area (Å²) < 4.78 is 256. The molecule has 0 heterocycles. The Morgan fingerprint density at radius 3 is 1.17 bits per heavy atom. The summed E-state index contributed by atoms with van der Waals surface area (Å²) in [7, 11) is 0. The Kier molecular flexibility index (Phi) is 2.19. The molecule has 0 amide bonds. The zero-order valence-corrected chi connectivity index (χ0v) is 24.0. The molecule has 11 rings (SSSR count). The standard InChI is InChI=1S/C48H28/c1-2-6-38-28-44(40-24-20-36-18-16-32-8-4-10-34-22-26-42(40)48(36)46(32)34)43(27-37(38)5-1)30-13-11-29(12-14-30)39-23-19-35-17-15-31-7-3-9-33-21-25-41(39)47(35)45(31)33/h1-28H/i1D,2D,3D,4D,5D,6D,7D,8D,9D,10D,11D,12D,13D,14D,15D,16D,17D,18D,19D,20D,21D,22D,23D,24D,25D,26D,27D,28D. The maximum atomic E-state index is 9.85. The Morgan fingerprint density at radius 1 is 0.250 bits per heavy atom. The van der Waals surface area contributed by atoms with Crippen molar-refractivity contribution in [2.24, 2.45) is 0 Å². The van der Waals surface area contributed by atoms with Crippen molar-refractivity contribution in [2.75, 3.05) is 0 Å². The van der Waals surface area contributed by atoms with E-state index in [0.717, 1.165) is 0 Å². The number of fused-ring (bicyclic) bond motifs is 1. The van der Waals surface area contributed by atoms with Gasteiger partial charge in [0.2, 0.25) is 0 Å². The minimum absolute atomic E-state index is 0.279. The summed E-state index contributed by atoms with van der Waals surface area (Å²) in [6, 6.07) is -24.3. The molecule has 0 N–H and O–H groups in total. The zero-order chi connectivity index (χ0) is 55.7. The third kappa shape index (κ3) is 3.60. The first kappa shape index (κ1) is 10.9. The molecule has 0 saturated carbocycles. The van der Waals surface area contributed by atoms with E-state index in [1.54, 1.807) is 0 Å². The van der Waals surface area contributed by atoms with E-state index in [4.69, 9.17) is 20.6 Å². The van der Waals surface area contributed by atoms with Crippen LogP contribution in [0.5, 0.6) is 0 Å². The van der Waals surface area contributed by atoms with Gasteiger partial charge in [-0.05, 0) is 121 Å². The number of hydrogen-bond donors (Lipinski definition) is 0. The average Bonchev–Trinajstić information content (AvgIpc) is 3.37. The van der Waals surface area contributed by atoms with Gasteiger partial charge in [-0.15, -0.1) is 0 Å². The van der Waals surface area contributed by atoms with Gasteiger partial charge in [0.25, 0.3) is 0 Å². The monoisotopic (exact) mass is 632 g/mol. The van der Waals surface area contributed by atoms with Crippen LogP contribution in [0.3, 0.4) is 0 Å². The second kappa shape index (κ2) is 9.64. The summed E-state index contributed by atoms with van der Waals surface area (Å²) >= 11 is 0. The SMILES string of the molecule is [2H]c1c([2H])c(-c2c([2H])c([2H])c3c([2H])c([2H])c4c([2H])c([2H])c([2H])c5c([2H])c([2H])c2c3c45)c([2H])c([2H])c1-c1c(-c2c([2H])c([2H])c3c([2H])c([2H])c4c([2H])c([2H])c([2H])c5c([2H])c([2H])c2c3c45)c([2H])c2c([2H])c([2H])c([2H])c([2H])c2c1[2H]. The van der Waals surface area contributed by atoms with Gasteiger partial charge in [-0.1, -0.05) is 157 Å². The first-order valence-corrected chi connectivity index (χ1v) is 14.5. The number of benzene rings is 11. The van der Waals surface area contributed by atoms with Gasteiger partial charge in [0, 0.05) is 0 Å². The highest BCUT2D eigenvalue weighted by molar-refractivity contribution is 6.27. The van der Waals surface area contributed by atoms with Crippen molar-refractivity contribution >= 4 is 75.4 Å². The normalized spacial score (nSPS) is 20.3. The average molecular weight is 633 g/mol. The van der Waals surface area contributed by atoms with Crippen LogP contribution in [0.15, 0.2) is 169 Å². The van der Waals surface area contributed by atoms with Crippen molar-refractivity contribution in [1.29, 1.82) is 0 Å². The molecule has 0 aliphatic heterocycles. The van der Waals surface area contributed by atoms with Gasteiger partial charge in [-0.2, -0.15) is 0 Å². The molecule has 0 aliphatic rings. The molecule has 0 aromatic heterocycles. The highest BCUT2D eigenvalue weighted by Crippen LogP contribution is 2.44. The molecule has 0 bridgehead atoms. The van der Waals surface area contributed by atoms with Gasteiger partial charge in [0.05, 0.1) is 38.4 Å². The van der Waals surface area contributed by atoms with E-state index in [9.17, 15) is 17.8 Å². The van der Waals surface area contributed by atoms with Gasteiger partial charge in [-0.25, -0.2) is 0 Å². The van der Waals surface area contributed by atoms with Crippen molar-refractivity contribution in [2.45, 2.75) is 0 Å². The van der Waals surface area contributed by atoms with E-state index >= 15 is 0 Å². The molecule has 0 unspecified atom stereocenters. The van der Waals surface area contributed by atoms with Crippen LogP contribution in [0.25, 0.3) is 109 Å². The smallest absolute Gasteiger partial charge is 0.0616 e. The molecular weight excluding hydrogens is 577 g/mol. The summed E-state index contributed by atoms with van der Waals surface area (Å²) in [6.45, 7) is 0. The molecule has 220 valence electrons. The van der Waals surface area contributed by atoms with E-state index in [1.165, 1.54) is 0 Å². The molecule has 0 radical (unpaired) electrons. The fraction of sp³-hybridized carbons (Fsp3) is 0. The fourth-order valence-corrected chi connectivity index (χ4v) is 6.31. The molecular formula is C48H28. The Balaban J connectivity index is 1.37. The molecule has 0 saturated heterocycles. The summed E-state index contributed by atoms with van der Waals surface area (Å²) in [4.78, 5) is 0. The molecule has 0 nitrogen and oxygen atoms in total. The first-order valence-electron chi connectivity index (χ1n) is 28.5. The van der Waals surface area contributed by atoms with Gasteiger partial charge < -0.3 is 0 Å². The lowest BCUT2D eigenvalue weighted by Gasteiger charge is -2.18. The van der Waals surface area contributed by atoms with Crippen LogP contribution in [0.4, 0.5) is 0 Å². The Morgan fingerprint density at radius 2 is 0.625 bits per heavy atom. The molecule has 11 aromatic carbocycles. The molecule has 0 spiro atoms. The lowest BCUT2D eigenvalue weighted by atomic mass is 9.85. The minimum Gasteiger partial charge on any atom is -0.0616 e. The summed E-state index contributed by atoms with van der Waals surface area (Å²) in [6.07, 6.45) is 0. The minimum atomic E-state index is -1.12. The molecule has 11 aromatic rings. The zero-order valence-electron chi connectivity index (χ0n) is 52.0. The van der Waals surface area contributed by atoms with Crippen molar-refractivity contribution in [3.05, 3.63) is 169 Å². The first-order chi connectivity index (χ1) is 35.5. The van der Waals surface area contributed by atoms with Gasteiger partial charge in [0.1, 0.15) is 0 Å². The Hall–Kier alpha value is -6.24. The van der Waals surface area contributed by atoms with Crippen LogP contribution in [0.1, 0.15) is 38.4 Å². The maximum absolute atomic E-state index is 9.85. The summed E-state index contributed by atoms with van der Waals surface area (Å²) in [5.41, 5.74) is -4.84. The highest BCUT2D eigenvalue weighted by Gasteiger charge is 2.17. The molecule has 0 aliphatic carbocycles. The van der Waals surface area contributed by atoms with Crippen LogP contribution in [0, 0.1) is 0 Å².